The number of amides is 2. The van der Waals surface area contributed by atoms with Crippen molar-refractivity contribution in [2.24, 2.45) is 10.4 Å². The molecule has 1 atom stereocenters. The number of halogens is 1. The molecule has 2 aliphatic heterocycles. The van der Waals surface area contributed by atoms with Crippen molar-refractivity contribution in [2.45, 2.75) is 39.2 Å². The smallest absolute Gasteiger partial charge is 0.239 e. The highest BCUT2D eigenvalue weighted by molar-refractivity contribution is 14.0. The van der Waals surface area contributed by atoms with E-state index in [1.165, 1.54) is 0 Å². The number of hydrogen-bond acceptors (Lipinski definition) is 3. The lowest BCUT2D eigenvalue weighted by atomic mass is 9.79. The van der Waals surface area contributed by atoms with Crippen LogP contribution in [0.3, 0.4) is 0 Å². The second-order valence-electron chi connectivity index (χ2n) is 6.60. The van der Waals surface area contributed by atoms with Gasteiger partial charge in [0.05, 0.1) is 6.54 Å². The number of aliphatic imine (C=N–C) groups is 1. The van der Waals surface area contributed by atoms with E-state index in [1.54, 1.807) is 7.05 Å². The van der Waals surface area contributed by atoms with Gasteiger partial charge in [0.15, 0.2) is 5.96 Å². The van der Waals surface area contributed by atoms with Gasteiger partial charge >= 0.3 is 0 Å². The molecule has 132 valence electrons. The maximum Gasteiger partial charge on any atom is 0.239 e. The third-order valence-electron chi connectivity index (χ3n) is 4.23. The molecule has 1 unspecified atom stereocenters. The van der Waals surface area contributed by atoms with E-state index >= 15 is 0 Å². The molecule has 3 N–H and O–H groups in total. The molecule has 2 heterocycles. The predicted octanol–water partition coefficient (Wildman–Crippen LogP) is 0.307. The molecule has 1 spiro atoms. The van der Waals surface area contributed by atoms with Gasteiger partial charge in [-0.05, 0) is 26.7 Å². The molecule has 0 aliphatic carbocycles. The summed E-state index contributed by atoms with van der Waals surface area (Å²) >= 11 is 0. The normalized spacial score (nSPS) is 24.4. The minimum atomic E-state index is -0.0411. The van der Waals surface area contributed by atoms with Crippen LogP contribution in [-0.2, 0) is 9.59 Å². The molecule has 2 fully saturated rings. The number of hydrogen-bond donors (Lipinski definition) is 3. The largest absolute Gasteiger partial charge is 0.355 e. The molecular weight excluding hydrogens is 409 g/mol. The Kier molecular flexibility index (Phi) is 7.56. The zero-order chi connectivity index (χ0) is 16.2. The van der Waals surface area contributed by atoms with Gasteiger partial charge in [0.2, 0.25) is 11.8 Å². The summed E-state index contributed by atoms with van der Waals surface area (Å²) in [5.41, 5.74) is 0.0210. The minimum Gasteiger partial charge on any atom is -0.355 e. The fraction of sp³-hybridized carbons (Fsp3) is 0.800. The van der Waals surface area contributed by atoms with Crippen LogP contribution in [0.2, 0.25) is 0 Å². The van der Waals surface area contributed by atoms with Crippen molar-refractivity contribution < 1.29 is 9.59 Å². The maximum absolute atomic E-state index is 11.7. The molecule has 2 amide bonds. The molecule has 0 saturated carbocycles. The van der Waals surface area contributed by atoms with E-state index in [1.807, 2.05) is 13.8 Å². The molecule has 7 nitrogen and oxygen atoms in total. The molecule has 0 aromatic rings. The summed E-state index contributed by atoms with van der Waals surface area (Å²) in [4.78, 5) is 29.7. The Morgan fingerprint density at radius 2 is 2.22 bits per heavy atom. The molecule has 2 aliphatic rings. The highest BCUT2D eigenvalue weighted by Crippen LogP contribution is 2.35. The van der Waals surface area contributed by atoms with E-state index in [4.69, 9.17) is 0 Å². The van der Waals surface area contributed by atoms with Crippen LogP contribution >= 0.6 is 24.0 Å². The Hall–Kier alpha value is -1.06. The quantitative estimate of drug-likeness (QED) is 0.337. The van der Waals surface area contributed by atoms with E-state index in [9.17, 15) is 9.59 Å². The number of piperidine rings is 1. The van der Waals surface area contributed by atoms with Gasteiger partial charge in [0.1, 0.15) is 0 Å². The summed E-state index contributed by atoms with van der Waals surface area (Å²) in [7, 11) is 1.72. The lowest BCUT2D eigenvalue weighted by Gasteiger charge is -2.40. The van der Waals surface area contributed by atoms with Gasteiger partial charge in [-0.3, -0.25) is 14.6 Å². The minimum absolute atomic E-state index is 0. The topological polar surface area (TPSA) is 85.8 Å². The summed E-state index contributed by atoms with van der Waals surface area (Å²) in [6.07, 6.45) is 2.69. The summed E-state index contributed by atoms with van der Waals surface area (Å²) in [6, 6.07) is 0.130. The van der Waals surface area contributed by atoms with Crippen molar-refractivity contribution >= 4 is 41.8 Å². The van der Waals surface area contributed by atoms with Crippen LogP contribution in [-0.4, -0.2) is 61.9 Å². The zero-order valence-corrected chi connectivity index (χ0v) is 16.5. The van der Waals surface area contributed by atoms with Crippen LogP contribution in [0.5, 0.6) is 0 Å². The van der Waals surface area contributed by atoms with Crippen molar-refractivity contribution in [3.05, 3.63) is 0 Å². The molecule has 23 heavy (non-hydrogen) atoms. The molecule has 2 rings (SSSR count). The highest BCUT2D eigenvalue weighted by Gasteiger charge is 2.42. The van der Waals surface area contributed by atoms with Crippen LogP contribution in [0.4, 0.5) is 0 Å². The monoisotopic (exact) mass is 437 g/mol. The number of rotatable bonds is 3. The number of carbonyl (C=O) groups is 2. The van der Waals surface area contributed by atoms with Crippen molar-refractivity contribution in [1.82, 2.24) is 20.9 Å². The lowest BCUT2D eigenvalue weighted by molar-refractivity contribution is -0.121. The summed E-state index contributed by atoms with van der Waals surface area (Å²) in [6.45, 7) is 6.54. The Labute approximate surface area is 155 Å². The standard InChI is InChI=1S/C15H27N5O2.HI/c1-11(2)19-13(22)8-17-14(16-3)20-6-4-5-15(10-20)7-12(21)18-9-15;/h11H,4-10H2,1-3H3,(H,16,17)(H,18,21)(H,19,22);1H. The van der Waals surface area contributed by atoms with Gasteiger partial charge in [-0.2, -0.15) is 0 Å². The van der Waals surface area contributed by atoms with Crippen molar-refractivity contribution in [3.63, 3.8) is 0 Å². The molecule has 8 heteroatoms. The SMILES string of the molecule is CN=C(NCC(=O)NC(C)C)N1CCCC2(CNC(=O)C2)C1.I. The summed E-state index contributed by atoms with van der Waals surface area (Å²) < 4.78 is 0. The van der Waals surface area contributed by atoms with E-state index in [0.29, 0.717) is 6.42 Å². The number of carbonyl (C=O) groups excluding carboxylic acids is 2. The number of nitrogens with zero attached hydrogens (tertiary/aromatic N) is 2. The van der Waals surface area contributed by atoms with Gasteiger partial charge < -0.3 is 20.9 Å². The highest BCUT2D eigenvalue weighted by atomic mass is 127. The molecule has 2 saturated heterocycles. The van der Waals surface area contributed by atoms with E-state index in [0.717, 1.165) is 38.4 Å². The molecule has 0 radical (unpaired) electrons. The average molecular weight is 437 g/mol. The first-order valence-corrected chi connectivity index (χ1v) is 7.96. The molecule has 0 aromatic heterocycles. The van der Waals surface area contributed by atoms with E-state index in [2.05, 4.69) is 25.8 Å². The lowest BCUT2D eigenvalue weighted by Crippen LogP contribution is -2.52. The maximum atomic E-state index is 11.7. The fourth-order valence-electron chi connectivity index (χ4n) is 3.29. The van der Waals surface area contributed by atoms with Gasteiger partial charge in [-0.15, -0.1) is 24.0 Å². The second kappa shape index (κ2) is 8.70. The van der Waals surface area contributed by atoms with Crippen LogP contribution < -0.4 is 16.0 Å². The average Bonchev–Trinajstić information content (AvgIpc) is 2.79. The molecule has 0 bridgehead atoms. The van der Waals surface area contributed by atoms with Crippen LogP contribution in [0, 0.1) is 5.41 Å². The van der Waals surface area contributed by atoms with Crippen LogP contribution in [0.25, 0.3) is 0 Å². The van der Waals surface area contributed by atoms with Crippen LogP contribution in [0.15, 0.2) is 4.99 Å². The van der Waals surface area contributed by atoms with Crippen LogP contribution in [0.1, 0.15) is 33.1 Å². The second-order valence-corrected chi connectivity index (χ2v) is 6.60. The summed E-state index contributed by atoms with van der Waals surface area (Å²) in [5.74, 6) is 0.832. The third kappa shape index (κ3) is 5.50. The van der Waals surface area contributed by atoms with Crippen molar-refractivity contribution in [1.29, 1.82) is 0 Å². The third-order valence-corrected chi connectivity index (χ3v) is 4.23. The van der Waals surface area contributed by atoms with Gasteiger partial charge in [-0.1, -0.05) is 0 Å². The van der Waals surface area contributed by atoms with Gasteiger partial charge in [0.25, 0.3) is 0 Å². The predicted molar refractivity (Wildman–Crippen MR) is 101 cm³/mol. The first-order valence-electron chi connectivity index (χ1n) is 7.96. The molecular formula is C15H28IN5O2. The number of guanidine groups is 1. The Bertz CT molecular complexity index is 469. The Balaban J connectivity index is 0.00000264. The first-order chi connectivity index (χ1) is 10.4. The van der Waals surface area contributed by atoms with Gasteiger partial charge in [0, 0.05) is 44.6 Å². The number of likely N-dealkylation sites (tertiary alicyclic amines) is 1. The van der Waals surface area contributed by atoms with Crippen molar-refractivity contribution in [3.8, 4) is 0 Å². The first kappa shape index (κ1) is 20.0. The number of nitrogens with one attached hydrogen (secondary N) is 3. The van der Waals surface area contributed by atoms with Crippen molar-refractivity contribution in [2.75, 3.05) is 33.2 Å². The summed E-state index contributed by atoms with van der Waals surface area (Å²) in [5, 5.41) is 8.91. The zero-order valence-electron chi connectivity index (χ0n) is 14.1. The molecule has 0 aromatic carbocycles. The fourth-order valence-corrected chi connectivity index (χ4v) is 3.29. The van der Waals surface area contributed by atoms with Gasteiger partial charge in [-0.25, -0.2) is 0 Å². The Morgan fingerprint density at radius 3 is 2.78 bits per heavy atom. The van der Waals surface area contributed by atoms with E-state index in [-0.39, 0.29) is 53.8 Å². The van der Waals surface area contributed by atoms with E-state index < -0.39 is 0 Å². The Morgan fingerprint density at radius 1 is 1.48 bits per heavy atom.